The fourth-order valence-electron chi connectivity index (χ4n) is 1.45. The lowest BCUT2D eigenvalue weighted by Crippen LogP contribution is -2.23. The van der Waals surface area contributed by atoms with Gasteiger partial charge in [-0.3, -0.25) is 0 Å². The summed E-state index contributed by atoms with van der Waals surface area (Å²) >= 11 is 11.3. The van der Waals surface area contributed by atoms with Gasteiger partial charge in [-0.2, -0.15) is 0 Å². The predicted molar refractivity (Wildman–Crippen MR) is 74.7 cm³/mol. The molecule has 0 spiro atoms. The molecule has 0 amide bonds. The number of nitrogens with one attached hydrogen (secondary N) is 1. The number of benzene rings is 1. The first kappa shape index (κ1) is 15.2. The lowest BCUT2D eigenvalue weighted by atomic mass is 10.2. The van der Waals surface area contributed by atoms with E-state index in [9.17, 15) is 12.8 Å². The summed E-state index contributed by atoms with van der Waals surface area (Å²) in [6.45, 7) is -0.171. The number of aromatic nitrogens is 1. The van der Waals surface area contributed by atoms with Crippen molar-refractivity contribution in [3.63, 3.8) is 0 Å². The highest BCUT2D eigenvalue weighted by Crippen LogP contribution is 2.22. The van der Waals surface area contributed by atoms with E-state index in [2.05, 4.69) is 9.71 Å². The van der Waals surface area contributed by atoms with E-state index in [1.165, 1.54) is 24.3 Å². The van der Waals surface area contributed by atoms with Gasteiger partial charge in [-0.25, -0.2) is 22.5 Å². The van der Waals surface area contributed by atoms with Crippen LogP contribution in [0.2, 0.25) is 10.2 Å². The van der Waals surface area contributed by atoms with Crippen LogP contribution >= 0.6 is 23.2 Å². The Balaban J connectivity index is 2.19. The summed E-state index contributed by atoms with van der Waals surface area (Å²) in [4.78, 5) is 3.52. The van der Waals surface area contributed by atoms with Crippen LogP contribution in [0.25, 0.3) is 0 Å². The van der Waals surface area contributed by atoms with Crippen LogP contribution in [0.4, 0.5) is 4.39 Å². The molecule has 2 aromatic rings. The van der Waals surface area contributed by atoms with E-state index < -0.39 is 15.8 Å². The van der Waals surface area contributed by atoms with Crippen molar-refractivity contribution in [3.05, 3.63) is 58.1 Å². The molecule has 0 atom stereocenters. The Morgan fingerprint density at radius 1 is 1.25 bits per heavy atom. The summed E-state index contributed by atoms with van der Waals surface area (Å²) in [6.07, 6.45) is 1.08. The summed E-state index contributed by atoms with van der Waals surface area (Å²) in [5.41, 5.74) is 0.240. The number of sulfonamides is 1. The predicted octanol–water partition coefficient (Wildman–Crippen LogP) is 3.01. The highest BCUT2D eigenvalue weighted by atomic mass is 35.5. The molecular weight excluding hydrogens is 326 g/mol. The van der Waals surface area contributed by atoms with Crippen molar-refractivity contribution >= 4 is 33.2 Å². The van der Waals surface area contributed by atoms with Crippen molar-refractivity contribution < 1.29 is 12.8 Å². The van der Waals surface area contributed by atoms with Gasteiger partial charge in [0, 0.05) is 18.3 Å². The first-order valence-electron chi connectivity index (χ1n) is 5.44. The number of hydrogen-bond acceptors (Lipinski definition) is 3. The minimum atomic E-state index is -3.84. The largest absolute Gasteiger partial charge is 0.242 e. The molecule has 0 fully saturated rings. The van der Waals surface area contributed by atoms with Gasteiger partial charge < -0.3 is 0 Å². The van der Waals surface area contributed by atoms with Gasteiger partial charge in [0.15, 0.2) is 0 Å². The van der Waals surface area contributed by atoms with E-state index in [1.54, 1.807) is 6.07 Å². The molecule has 0 aliphatic rings. The molecule has 0 saturated carbocycles. The average Bonchev–Trinajstić information content (AvgIpc) is 2.41. The van der Waals surface area contributed by atoms with Crippen molar-refractivity contribution in [2.24, 2.45) is 0 Å². The fourth-order valence-corrected chi connectivity index (χ4v) is 2.76. The van der Waals surface area contributed by atoms with Gasteiger partial charge in [-0.15, -0.1) is 0 Å². The molecule has 1 aromatic heterocycles. The highest BCUT2D eigenvalue weighted by molar-refractivity contribution is 7.89. The minimum Gasteiger partial charge on any atom is -0.242 e. The van der Waals surface area contributed by atoms with Crippen molar-refractivity contribution in [3.8, 4) is 0 Å². The van der Waals surface area contributed by atoms with Gasteiger partial charge in [-0.05, 0) is 12.1 Å². The molecule has 4 nitrogen and oxygen atoms in total. The first-order valence-corrected chi connectivity index (χ1v) is 7.68. The summed E-state index contributed by atoms with van der Waals surface area (Å²) in [5, 5.41) is 0.0418. The molecule has 106 valence electrons. The van der Waals surface area contributed by atoms with E-state index in [1.807, 2.05) is 0 Å². The average molecular weight is 335 g/mol. The standard InChI is InChI=1S/C12H9Cl2FN2O2S/c13-10-5-9(7-16-12(10)14)20(18,19)17-6-8-3-1-2-4-11(8)15/h1-5,7,17H,6H2. The molecular formula is C12H9Cl2FN2O2S. The molecule has 0 bridgehead atoms. The smallest absolute Gasteiger partial charge is 0.242 e. The fraction of sp³-hybridized carbons (Fsp3) is 0.0833. The van der Waals surface area contributed by atoms with Crippen LogP contribution < -0.4 is 4.72 Å². The zero-order valence-corrected chi connectivity index (χ0v) is 12.3. The lowest BCUT2D eigenvalue weighted by Gasteiger charge is -2.08. The molecule has 0 saturated heterocycles. The van der Waals surface area contributed by atoms with E-state index >= 15 is 0 Å². The van der Waals surface area contributed by atoms with Crippen LogP contribution in [-0.2, 0) is 16.6 Å². The Hall–Kier alpha value is -1.21. The number of halogens is 3. The SMILES string of the molecule is O=S(=O)(NCc1ccccc1F)c1cnc(Cl)c(Cl)c1. The van der Waals surface area contributed by atoms with E-state index in [0.29, 0.717) is 0 Å². The molecule has 0 aliphatic carbocycles. The van der Waals surface area contributed by atoms with Crippen LogP contribution in [0.15, 0.2) is 41.4 Å². The van der Waals surface area contributed by atoms with Gasteiger partial charge in [0.05, 0.1) is 5.02 Å². The van der Waals surface area contributed by atoms with Gasteiger partial charge in [0.2, 0.25) is 10.0 Å². The van der Waals surface area contributed by atoms with Gasteiger partial charge in [0.25, 0.3) is 0 Å². The summed E-state index contributed by atoms with van der Waals surface area (Å²) < 4.78 is 39.7. The van der Waals surface area contributed by atoms with Crippen LogP contribution in [-0.4, -0.2) is 13.4 Å². The molecule has 2 rings (SSSR count). The first-order chi connectivity index (χ1) is 9.40. The van der Waals surface area contributed by atoms with Crippen molar-refractivity contribution in [1.82, 2.24) is 9.71 Å². The van der Waals surface area contributed by atoms with E-state index in [0.717, 1.165) is 6.20 Å². The number of nitrogens with zero attached hydrogens (tertiary/aromatic N) is 1. The lowest BCUT2D eigenvalue weighted by molar-refractivity contribution is 0.574. The van der Waals surface area contributed by atoms with E-state index in [4.69, 9.17) is 23.2 Å². The maximum absolute atomic E-state index is 13.4. The number of hydrogen-bond donors (Lipinski definition) is 1. The van der Waals surface area contributed by atoms with Crippen molar-refractivity contribution in [1.29, 1.82) is 0 Å². The van der Waals surface area contributed by atoms with Crippen LogP contribution in [0.3, 0.4) is 0 Å². The van der Waals surface area contributed by atoms with Gasteiger partial charge in [0.1, 0.15) is 15.9 Å². The monoisotopic (exact) mass is 334 g/mol. The molecule has 0 unspecified atom stereocenters. The van der Waals surface area contributed by atoms with Crippen LogP contribution in [0, 0.1) is 5.82 Å². The quantitative estimate of drug-likeness (QED) is 0.874. The summed E-state index contributed by atoms with van der Waals surface area (Å²) in [5.74, 6) is -0.484. The third-order valence-corrected chi connectivity index (χ3v) is 4.55. The number of pyridine rings is 1. The van der Waals surface area contributed by atoms with Crippen molar-refractivity contribution in [2.45, 2.75) is 11.4 Å². The maximum atomic E-state index is 13.4. The summed E-state index contributed by atoms with van der Waals surface area (Å²) in [6, 6.07) is 7.07. The molecule has 1 aromatic carbocycles. The van der Waals surface area contributed by atoms with Crippen LogP contribution in [0.1, 0.15) is 5.56 Å². The zero-order valence-electron chi connectivity index (χ0n) is 9.98. The highest BCUT2D eigenvalue weighted by Gasteiger charge is 2.16. The second-order valence-corrected chi connectivity index (χ2v) is 6.39. The second kappa shape index (κ2) is 6.05. The van der Waals surface area contributed by atoms with E-state index in [-0.39, 0.29) is 27.2 Å². The maximum Gasteiger partial charge on any atom is 0.242 e. The third-order valence-electron chi connectivity index (χ3n) is 2.49. The normalized spacial score (nSPS) is 11.6. The van der Waals surface area contributed by atoms with Gasteiger partial charge in [-0.1, -0.05) is 41.4 Å². The van der Waals surface area contributed by atoms with Crippen molar-refractivity contribution in [2.75, 3.05) is 0 Å². The Morgan fingerprint density at radius 3 is 2.60 bits per heavy atom. The third kappa shape index (κ3) is 3.46. The second-order valence-electron chi connectivity index (χ2n) is 3.86. The zero-order chi connectivity index (χ0) is 14.8. The topological polar surface area (TPSA) is 59.1 Å². The molecule has 20 heavy (non-hydrogen) atoms. The molecule has 1 heterocycles. The Bertz CT molecular complexity index is 738. The minimum absolute atomic E-state index is 0.0136. The molecule has 1 N–H and O–H groups in total. The summed E-state index contributed by atoms with van der Waals surface area (Å²) in [7, 11) is -3.84. The van der Waals surface area contributed by atoms with Gasteiger partial charge >= 0.3 is 0 Å². The molecule has 0 aliphatic heterocycles. The Labute approximate surface area is 125 Å². The molecule has 8 heteroatoms. The number of rotatable bonds is 4. The molecule has 0 radical (unpaired) electrons. The van der Waals surface area contributed by atoms with Crippen LogP contribution in [0.5, 0.6) is 0 Å². The Kier molecular flexibility index (Phi) is 4.59. The Morgan fingerprint density at radius 2 is 1.95 bits per heavy atom.